The summed E-state index contributed by atoms with van der Waals surface area (Å²) >= 11 is 0. The van der Waals surface area contributed by atoms with Crippen LogP contribution >= 0.6 is 0 Å². The van der Waals surface area contributed by atoms with E-state index in [4.69, 9.17) is 10.5 Å². The van der Waals surface area contributed by atoms with Crippen molar-refractivity contribution < 1.29 is 9.53 Å². The lowest BCUT2D eigenvalue weighted by Gasteiger charge is -2.08. The van der Waals surface area contributed by atoms with E-state index in [0.29, 0.717) is 5.69 Å². The Morgan fingerprint density at radius 1 is 1.42 bits per heavy atom. The van der Waals surface area contributed by atoms with Crippen molar-refractivity contribution in [1.29, 1.82) is 0 Å². The number of nitrogens with two attached hydrogens (primary N) is 1. The van der Waals surface area contributed by atoms with Crippen LogP contribution in [0, 0.1) is 6.92 Å². The van der Waals surface area contributed by atoms with Crippen LogP contribution in [0.4, 0.5) is 0 Å². The van der Waals surface area contributed by atoms with Crippen LogP contribution in [0.2, 0.25) is 0 Å². The lowest BCUT2D eigenvalue weighted by molar-refractivity contribution is 0.0991. The van der Waals surface area contributed by atoms with Gasteiger partial charge in [-0.05, 0) is 31.0 Å². The number of fused-ring (bicyclic) bond motifs is 1. The average molecular weight is 260 g/mol. The number of carbonyl (C=O) groups excluding carboxylic acids is 1. The Morgan fingerprint density at radius 3 is 2.74 bits per heavy atom. The zero-order valence-electron chi connectivity index (χ0n) is 11.7. The van der Waals surface area contributed by atoms with E-state index in [-0.39, 0.29) is 5.91 Å². The number of hydrogen-bond acceptors (Lipinski definition) is 2. The smallest absolute Gasteiger partial charge is 0.265 e. The van der Waals surface area contributed by atoms with Gasteiger partial charge in [0.1, 0.15) is 11.4 Å². The predicted molar refractivity (Wildman–Crippen MR) is 76.7 cm³/mol. The first kappa shape index (κ1) is 13.5. The second-order valence-corrected chi connectivity index (χ2v) is 4.70. The molecule has 1 aromatic heterocycles. The van der Waals surface area contributed by atoms with Crippen LogP contribution in [0.3, 0.4) is 0 Å². The van der Waals surface area contributed by atoms with Gasteiger partial charge in [-0.2, -0.15) is 0 Å². The molecule has 4 heteroatoms. The Morgan fingerprint density at radius 2 is 2.16 bits per heavy atom. The Balaban J connectivity index is 2.75. The summed E-state index contributed by atoms with van der Waals surface area (Å²) < 4.78 is 7.41. The fourth-order valence-corrected chi connectivity index (χ4v) is 2.60. The van der Waals surface area contributed by atoms with Gasteiger partial charge in [0.15, 0.2) is 0 Å². The normalized spacial score (nSPS) is 10.9. The molecule has 2 rings (SSSR count). The zero-order valence-corrected chi connectivity index (χ0v) is 11.7. The molecule has 0 aliphatic heterocycles. The molecule has 0 radical (unpaired) electrons. The van der Waals surface area contributed by atoms with Crippen LogP contribution in [-0.2, 0) is 6.54 Å². The summed E-state index contributed by atoms with van der Waals surface area (Å²) in [4.78, 5) is 11.7. The number of unbranched alkanes of at least 4 members (excludes halogenated alkanes) is 1. The number of nitrogens with zero attached hydrogens (tertiary/aromatic N) is 1. The van der Waals surface area contributed by atoms with Crippen LogP contribution in [-0.4, -0.2) is 17.6 Å². The highest BCUT2D eigenvalue weighted by Crippen LogP contribution is 2.33. The summed E-state index contributed by atoms with van der Waals surface area (Å²) in [6, 6.07) is 5.85. The van der Waals surface area contributed by atoms with Gasteiger partial charge in [0.05, 0.1) is 12.6 Å². The van der Waals surface area contributed by atoms with E-state index in [1.54, 1.807) is 7.11 Å². The Kier molecular flexibility index (Phi) is 3.79. The van der Waals surface area contributed by atoms with Gasteiger partial charge in [-0.1, -0.05) is 19.4 Å². The summed E-state index contributed by atoms with van der Waals surface area (Å²) in [6.07, 6.45) is 2.08. The molecule has 2 N–H and O–H groups in total. The number of carbonyl (C=O) groups is 1. The highest BCUT2D eigenvalue weighted by Gasteiger charge is 2.20. The molecule has 19 heavy (non-hydrogen) atoms. The molecule has 1 amide bonds. The van der Waals surface area contributed by atoms with E-state index >= 15 is 0 Å². The van der Waals surface area contributed by atoms with Crippen LogP contribution in [0.15, 0.2) is 18.2 Å². The summed E-state index contributed by atoms with van der Waals surface area (Å²) in [5.41, 5.74) is 8.04. The number of aryl methyl sites for hydroxylation is 2. The molecule has 0 aliphatic carbocycles. The molecule has 1 heterocycles. The topological polar surface area (TPSA) is 57.2 Å². The van der Waals surface area contributed by atoms with Crippen molar-refractivity contribution in [3.8, 4) is 5.75 Å². The third-order valence-electron chi connectivity index (χ3n) is 3.48. The van der Waals surface area contributed by atoms with Crippen molar-refractivity contribution in [2.24, 2.45) is 5.73 Å². The molecule has 0 aliphatic rings. The van der Waals surface area contributed by atoms with Gasteiger partial charge in [-0.3, -0.25) is 4.79 Å². The number of rotatable bonds is 5. The van der Waals surface area contributed by atoms with E-state index < -0.39 is 0 Å². The fraction of sp³-hybridized carbons (Fsp3) is 0.400. The van der Waals surface area contributed by atoms with Gasteiger partial charge in [0.25, 0.3) is 5.91 Å². The molecule has 0 saturated carbocycles. The average Bonchev–Trinajstić information content (AvgIpc) is 2.69. The number of benzene rings is 1. The van der Waals surface area contributed by atoms with Crippen molar-refractivity contribution in [3.05, 3.63) is 29.5 Å². The van der Waals surface area contributed by atoms with Gasteiger partial charge in [0, 0.05) is 11.9 Å². The van der Waals surface area contributed by atoms with Crippen LogP contribution < -0.4 is 10.5 Å². The van der Waals surface area contributed by atoms with Crippen molar-refractivity contribution in [2.45, 2.75) is 33.2 Å². The minimum absolute atomic E-state index is 0.383. The predicted octanol–water partition coefficient (Wildman–Crippen LogP) is 2.86. The first-order chi connectivity index (χ1) is 9.11. The standard InChI is InChI=1S/C15H20N2O2/c1-4-5-9-17-11-7-6-8-12(19-3)13(11)10(2)14(17)15(16)18/h6-8H,4-5,9H2,1-3H3,(H2,16,18). The molecule has 0 spiro atoms. The third-order valence-corrected chi connectivity index (χ3v) is 3.48. The number of primary amides is 1. The minimum Gasteiger partial charge on any atom is -0.496 e. The first-order valence-electron chi connectivity index (χ1n) is 6.57. The van der Waals surface area contributed by atoms with Gasteiger partial charge in [-0.15, -0.1) is 0 Å². The summed E-state index contributed by atoms with van der Waals surface area (Å²) in [5.74, 6) is 0.402. The Bertz CT molecular complexity index is 614. The summed E-state index contributed by atoms with van der Waals surface area (Å²) in [7, 11) is 1.64. The van der Waals surface area contributed by atoms with E-state index in [0.717, 1.165) is 41.6 Å². The third kappa shape index (κ3) is 2.18. The zero-order chi connectivity index (χ0) is 14.0. The lowest BCUT2D eigenvalue weighted by atomic mass is 10.1. The van der Waals surface area contributed by atoms with Crippen LogP contribution in [0.5, 0.6) is 5.75 Å². The van der Waals surface area contributed by atoms with Gasteiger partial charge >= 0.3 is 0 Å². The number of methoxy groups -OCH3 is 1. The Hall–Kier alpha value is -1.97. The first-order valence-corrected chi connectivity index (χ1v) is 6.57. The van der Waals surface area contributed by atoms with Gasteiger partial charge < -0.3 is 15.0 Å². The maximum absolute atomic E-state index is 11.7. The molecule has 2 aromatic rings. The van der Waals surface area contributed by atoms with Crippen molar-refractivity contribution >= 4 is 16.8 Å². The van der Waals surface area contributed by atoms with E-state index in [1.807, 2.05) is 29.7 Å². The maximum Gasteiger partial charge on any atom is 0.265 e. The molecule has 0 fully saturated rings. The van der Waals surface area contributed by atoms with Crippen molar-refractivity contribution in [3.63, 3.8) is 0 Å². The maximum atomic E-state index is 11.7. The molecule has 0 unspecified atom stereocenters. The lowest BCUT2D eigenvalue weighted by Crippen LogP contribution is -2.18. The van der Waals surface area contributed by atoms with Crippen molar-refractivity contribution in [1.82, 2.24) is 4.57 Å². The molecule has 102 valence electrons. The largest absolute Gasteiger partial charge is 0.496 e. The van der Waals surface area contributed by atoms with Gasteiger partial charge in [-0.25, -0.2) is 0 Å². The van der Waals surface area contributed by atoms with Crippen LogP contribution in [0.25, 0.3) is 10.9 Å². The fourth-order valence-electron chi connectivity index (χ4n) is 2.60. The van der Waals surface area contributed by atoms with E-state index in [2.05, 4.69) is 6.92 Å². The van der Waals surface area contributed by atoms with E-state index in [9.17, 15) is 4.79 Å². The summed E-state index contributed by atoms with van der Waals surface area (Å²) in [6.45, 7) is 4.85. The molecule has 4 nitrogen and oxygen atoms in total. The van der Waals surface area contributed by atoms with E-state index in [1.165, 1.54) is 0 Å². The quantitative estimate of drug-likeness (QED) is 0.898. The molecule has 0 atom stereocenters. The van der Waals surface area contributed by atoms with Crippen LogP contribution in [0.1, 0.15) is 35.8 Å². The highest BCUT2D eigenvalue weighted by molar-refractivity contribution is 6.02. The molecule has 1 aromatic carbocycles. The monoisotopic (exact) mass is 260 g/mol. The second kappa shape index (κ2) is 5.34. The molecular formula is C15H20N2O2. The molecule has 0 bridgehead atoms. The number of hydrogen-bond donors (Lipinski definition) is 1. The molecule has 0 saturated heterocycles. The van der Waals surface area contributed by atoms with Gasteiger partial charge in [0.2, 0.25) is 0 Å². The Labute approximate surface area is 113 Å². The SMILES string of the molecule is CCCCn1c(C(N)=O)c(C)c2c(OC)cccc21. The number of ether oxygens (including phenoxy) is 1. The minimum atomic E-state index is -0.383. The summed E-state index contributed by atoms with van der Waals surface area (Å²) in [5, 5.41) is 0.981. The second-order valence-electron chi connectivity index (χ2n) is 4.70. The number of amides is 1. The van der Waals surface area contributed by atoms with Crippen molar-refractivity contribution in [2.75, 3.05) is 7.11 Å². The number of aromatic nitrogens is 1. The highest BCUT2D eigenvalue weighted by atomic mass is 16.5. The molecular weight excluding hydrogens is 240 g/mol.